The predicted octanol–water partition coefficient (Wildman–Crippen LogP) is 4.12. The number of nitrogens with zero attached hydrogens (tertiary/aromatic N) is 5. The molecule has 14 atom stereocenters. The average molecular weight is 784 g/mol. The van der Waals surface area contributed by atoms with Gasteiger partial charge in [0, 0.05) is 42.0 Å². The second-order valence-corrected chi connectivity index (χ2v) is 16.9. The second kappa shape index (κ2) is 17.3. The Morgan fingerprint density at radius 1 is 1.07 bits per heavy atom. The van der Waals surface area contributed by atoms with Crippen molar-refractivity contribution in [3.63, 3.8) is 0 Å². The Labute approximate surface area is 330 Å². The number of carbonyl (C=O) groups excluding carboxylic acids is 2. The molecule has 0 radical (unpaired) electrons. The van der Waals surface area contributed by atoms with E-state index in [0.717, 1.165) is 5.56 Å². The number of oxime groups is 1. The fourth-order valence-corrected chi connectivity index (χ4v) is 9.19. The Kier molecular flexibility index (Phi) is 13.0. The van der Waals surface area contributed by atoms with Crippen molar-refractivity contribution in [1.82, 2.24) is 19.7 Å². The van der Waals surface area contributed by atoms with Crippen molar-refractivity contribution in [2.24, 2.45) is 28.8 Å². The van der Waals surface area contributed by atoms with E-state index >= 15 is 0 Å². The number of fused-ring (bicyclic) bond motifs is 5. The summed E-state index contributed by atoms with van der Waals surface area (Å²) < 4.78 is 41.4. The molecule has 310 valence electrons. The van der Waals surface area contributed by atoms with Gasteiger partial charge in [0.2, 0.25) is 0 Å². The molecule has 56 heavy (non-hydrogen) atoms. The van der Waals surface area contributed by atoms with Crippen LogP contribution >= 0.6 is 0 Å². The van der Waals surface area contributed by atoms with Crippen molar-refractivity contribution in [1.29, 1.82) is 0 Å². The van der Waals surface area contributed by atoms with Gasteiger partial charge in [0.25, 0.3) is 0 Å². The van der Waals surface area contributed by atoms with E-state index in [-0.39, 0.29) is 43.7 Å². The van der Waals surface area contributed by atoms with Crippen LogP contribution in [0.5, 0.6) is 0 Å². The van der Waals surface area contributed by atoms with Gasteiger partial charge in [-0.25, -0.2) is 9.67 Å². The maximum Gasteiger partial charge on any atom is 0.311 e. The molecular weight excluding hydrogens is 722 g/mol. The maximum absolute atomic E-state index is 14.2. The molecule has 0 spiro atoms. The molecule has 1 N–H and O–H groups in total. The number of aromatic nitrogens is 3. The molecule has 15 nitrogen and oxygen atoms in total. The first-order chi connectivity index (χ1) is 26.6. The molecule has 2 aromatic rings. The molecule has 4 bridgehead atoms. The number of aliphatic hydroxyl groups is 1. The van der Waals surface area contributed by atoms with Crippen LogP contribution in [0.1, 0.15) is 80.2 Å². The zero-order valence-corrected chi connectivity index (χ0v) is 34.5. The Hall–Kier alpha value is -3.31. The monoisotopic (exact) mass is 783 g/mol. The lowest BCUT2D eigenvalue weighted by Gasteiger charge is -2.48. The SMILES string of the molecule is CC[C@H]1OC(=O)[C@H](C)[C@H]2OC/C(=N\OCc3ccc(-n4cccn4)nc3)CO[C@@](C)(C[C@@H](C)C3OC1(C)C(=O)C3C)[C@H](O[C@@H]1O[C@H](C)C[C@H](N(C)C)[C@H]1O)[C@@H]2C. The van der Waals surface area contributed by atoms with Gasteiger partial charge in [-0.3, -0.25) is 9.59 Å². The maximum atomic E-state index is 14.2. The molecule has 0 aliphatic carbocycles. The summed E-state index contributed by atoms with van der Waals surface area (Å²) in [6, 6.07) is 5.36. The van der Waals surface area contributed by atoms with Crippen LogP contribution in [-0.4, -0.2) is 130 Å². The molecule has 4 saturated heterocycles. The third kappa shape index (κ3) is 8.59. The first-order valence-corrected chi connectivity index (χ1v) is 20.0. The number of esters is 1. The van der Waals surface area contributed by atoms with Crippen LogP contribution in [0.3, 0.4) is 0 Å². The Bertz CT molecular complexity index is 1670. The number of ether oxygens (including phenoxy) is 6. The van der Waals surface area contributed by atoms with E-state index in [9.17, 15) is 14.7 Å². The summed E-state index contributed by atoms with van der Waals surface area (Å²) in [5.41, 5.74) is -1.15. The molecule has 6 rings (SSSR count). The predicted molar refractivity (Wildman–Crippen MR) is 205 cm³/mol. The summed E-state index contributed by atoms with van der Waals surface area (Å²) in [6.45, 7) is 15.4. The molecule has 0 saturated carbocycles. The number of rotatable bonds is 8. The van der Waals surface area contributed by atoms with E-state index < -0.39 is 71.7 Å². The minimum atomic E-state index is -1.31. The summed E-state index contributed by atoms with van der Waals surface area (Å²) in [6.07, 6.45) is 1.62. The van der Waals surface area contributed by atoms with Crippen molar-refractivity contribution < 1.29 is 48.0 Å². The summed E-state index contributed by atoms with van der Waals surface area (Å²) in [5, 5.41) is 20.4. The van der Waals surface area contributed by atoms with Gasteiger partial charge in [0.05, 0.1) is 49.1 Å². The zero-order valence-electron chi connectivity index (χ0n) is 34.5. The lowest BCUT2D eigenvalue weighted by molar-refractivity contribution is -0.302. The highest BCUT2D eigenvalue weighted by Gasteiger charge is 2.58. The highest BCUT2D eigenvalue weighted by molar-refractivity contribution is 5.92. The number of hydrogen-bond donors (Lipinski definition) is 1. The van der Waals surface area contributed by atoms with Crippen LogP contribution in [0.2, 0.25) is 0 Å². The topological polar surface area (TPSA) is 165 Å². The van der Waals surface area contributed by atoms with Gasteiger partial charge in [0.1, 0.15) is 24.5 Å². The molecule has 4 aliphatic rings. The Balaban J connectivity index is 1.36. The number of carbonyl (C=O) groups is 2. The van der Waals surface area contributed by atoms with Crippen molar-refractivity contribution in [3.05, 3.63) is 42.4 Å². The number of pyridine rings is 1. The van der Waals surface area contributed by atoms with Crippen LogP contribution in [0.15, 0.2) is 41.9 Å². The number of likely N-dealkylation sites (N-methyl/N-ethyl adjacent to an activating group) is 1. The Morgan fingerprint density at radius 3 is 2.50 bits per heavy atom. The highest BCUT2D eigenvalue weighted by Crippen LogP contribution is 2.45. The molecule has 4 fully saturated rings. The number of hydrogen-bond acceptors (Lipinski definition) is 14. The molecule has 15 heteroatoms. The lowest BCUT2D eigenvalue weighted by Crippen LogP contribution is -2.59. The fourth-order valence-electron chi connectivity index (χ4n) is 9.19. The van der Waals surface area contributed by atoms with E-state index in [0.29, 0.717) is 30.8 Å². The minimum Gasteiger partial charge on any atom is -0.459 e. The zero-order chi connectivity index (χ0) is 40.5. The first-order valence-electron chi connectivity index (χ1n) is 20.0. The summed E-state index contributed by atoms with van der Waals surface area (Å²) in [5.74, 6) is -1.93. The van der Waals surface area contributed by atoms with Crippen molar-refractivity contribution in [3.8, 4) is 5.82 Å². The van der Waals surface area contributed by atoms with E-state index in [4.69, 9.17) is 33.3 Å². The number of cyclic esters (lactones) is 1. The van der Waals surface area contributed by atoms with E-state index in [1.807, 2.05) is 84.9 Å². The molecule has 0 amide bonds. The largest absolute Gasteiger partial charge is 0.459 e. The molecule has 0 aromatic carbocycles. The van der Waals surface area contributed by atoms with Crippen molar-refractivity contribution in [2.75, 3.05) is 27.3 Å². The minimum absolute atomic E-state index is 0.0000637. The normalized spacial score (nSPS) is 40.6. The van der Waals surface area contributed by atoms with E-state index in [1.165, 1.54) is 0 Å². The smallest absolute Gasteiger partial charge is 0.311 e. The van der Waals surface area contributed by atoms with Crippen LogP contribution < -0.4 is 0 Å². The molecule has 4 aliphatic heterocycles. The summed E-state index contributed by atoms with van der Waals surface area (Å²) in [4.78, 5) is 40.5. The lowest BCUT2D eigenvalue weighted by atomic mass is 9.75. The van der Waals surface area contributed by atoms with Crippen molar-refractivity contribution >= 4 is 17.5 Å². The first kappa shape index (κ1) is 42.3. The molecule has 3 unspecified atom stereocenters. The number of ketones is 1. The molecular formula is C41H61N5O10. The summed E-state index contributed by atoms with van der Waals surface area (Å²) in [7, 11) is 3.85. The molecule has 6 heterocycles. The highest BCUT2D eigenvalue weighted by atomic mass is 16.7. The standard InChI is InChI=1S/C41H61N5O10/c1-11-31-41(8)36(48)25(4)34(56-41)23(2)18-40(7)37(55-39-33(47)30(45(9)10)17-24(3)53-39)26(5)35(27(6)38(49)54-31)50-21-29(22-51-40)44-52-20-28-13-14-32(42-19-28)46-16-12-15-43-46/h12-16,19,23-27,30-31,33-35,37,39,47H,11,17-18,20-22H2,1-10H3/b44-29+/t23-,24-,25?,26-,27-,30+,31-,33-,34?,35+,37-,39+,40+,41?/m1/s1. The van der Waals surface area contributed by atoms with Gasteiger partial charge in [-0.2, -0.15) is 5.10 Å². The van der Waals surface area contributed by atoms with Crippen LogP contribution in [-0.2, 0) is 49.5 Å². The van der Waals surface area contributed by atoms with Gasteiger partial charge < -0.3 is 43.3 Å². The van der Waals surface area contributed by atoms with Gasteiger partial charge in [-0.05, 0) is 79.1 Å². The Morgan fingerprint density at radius 2 is 1.84 bits per heavy atom. The van der Waals surface area contributed by atoms with Crippen molar-refractivity contribution in [2.45, 2.75) is 141 Å². The summed E-state index contributed by atoms with van der Waals surface area (Å²) >= 11 is 0. The van der Waals surface area contributed by atoms with Gasteiger partial charge in [0.15, 0.2) is 23.5 Å². The van der Waals surface area contributed by atoms with Crippen LogP contribution in [0.4, 0.5) is 0 Å². The van der Waals surface area contributed by atoms with Gasteiger partial charge in [-0.15, -0.1) is 0 Å². The third-order valence-electron chi connectivity index (χ3n) is 12.3. The van der Waals surface area contributed by atoms with Gasteiger partial charge in [-0.1, -0.05) is 38.9 Å². The quantitative estimate of drug-likeness (QED) is 0.301. The van der Waals surface area contributed by atoms with E-state index in [2.05, 4.69) is 15.2 Å². The number of aliphatic hydroxyl groups excluding tert-OH is 1. The average Bonchev–Trinajstić information content (AvgIpc) is 3.79. The van der Waals surface area contributed by atoms with Crippen LogP contribution in [0.25, 0.3) is 5.82 Å². The third-order valence-corrected chi connectivity index (χ3v) is 12.3. The van der Waals surface area contributed by atoms with Gasteiger partial charge >= 0.3 is 5.97 Å². The second-order valence-electron chi connectivity index (χ2n) is 16.9. The number of Topliss-reactive ketones (excluding diaryl/α,β-unsaturated/α-hetero) is 1. The molecule has 2 aromatic heterocycles. The fraction of sp³-hybridized carbons (Fsp3) is 0.732. The van der Waals surface area contributed by atoms with E-state index in [1.54, 1.807) is 30.9 Å². The van der Waals surface area contributed by atoms with Crippen LogP contribution in [0, 0.1) is 23.7 Å².